The number of benzene rings is 6. The van der Waals surface area contributed by atoms with Gasteiger partial charge in [0, 0.05) is 35.3 Å². The van der Waals surface area contributed by atoms with Crippen molar-refractivity contribution in [3.05, 3.63) is 184 Å². The number of hydrogen-bond donors (Lipinski definition) is 0. The highest BCUT2D eigenvalue weighted by atomic mass is 16.7. The third-order valence-electron chi connectivity index (χ3n) is 8.51. The first-order valence-electron chi connectivity index (χ1n) is 17.4. The van der Waals surface area contributed by atoms with Gasteiger partial charge in [-0.15, -0.1) is 0 Å². The minimum Gasteiger partial charge on any atom is -0.457 e. The molecule has 278 valence electrons. The van der Waals surface area contributed by atoms with E-state index in [1.54, 1.807) is 12.1 Å². The summed E-state index contributed by atoms with van der Waals surface area (Å²) in [6, 6.07) is 47.2. The lowest BCUT2D eigenvalue weighted by Gasteiger charge is -2.26. The molecule has 0 N–H and O–H groups in total. The number of rotatable bonds is 16. The summed E-state index contributed by atoms with van der Waals surface area (Å²) in [5.41, 5.74) is 8.82. The number of esters is 3. The Bertz CT molecular complexity index is 2180. The van der Waals surface area contributed by atoms with E-state index in [4.69, 9.17) is 23.7 Å². The molecule has 0 atom stereocenters. The lowest BCUT2D eigenvalue weighted by molar-refractivity contribution is -0.145. The van der Waals surface area contributed by atoms with E-state index in [9.17, 15) is 14.4 Å². The molecule has 0 aliphatic rings. The zero-order valence-electron chi connectivity index (χ0n) is 30.3. The van der Waals surface area contributed by atoms with E-state index in [0.29, 0.717) is 17.2 Å². The van der Waals surface area contributed by atoms with Crippen molar-refractivity contribution in [3.63, 3.8) is 0 Å². The maximum atomic E-state index is 11.6. The Morgan fingerprint density at radius 3 is 0.946 bits per heavy atom. The maximum absolute atomic E-state index is 11.6. The van der Waals surface area contributed by atoms with E-state index in [2.05, 4.69) is 97.4 Å². The van der Waals surface area contributed by atoms with Crippen LogP contribution in [0.15, 0.2) is 184 Å². The van der Waals surface area contributed by atoms with Crippen molar-refractivity contribution in [2.45, 2.75) is 0 Å². The van der Waals surface area contributed by atoms with E-state index in [0.717, 1.165) is 68.7 Å². The van der Waals surface area contributed by atoms with Gasteiger partial charge in [-0.2, -0.15) is 0 Å². The van der Waals surface area contributed by atoms with Crippen LogP contribution in [0.3, 0.4) is 0 Å². The summed E-state index contributed by atoms with van der Waals surface area (Å²) in [4.78, 5) is 36.4. The molecule has 0 spiro atoms. The van der Waals surface area contributed by atoms with Gasteiger partial charge in [0.15, 0.2) is 0 Å². The first-order valence-corrected chi connectivity index (χ1v) is 17.4. The number of hydrogen-bond acceptors (Lipinski definition) is 9. The standard InChI is InChI=1S/C47H37NO8/c1-4-45(49)54-31-52-42-25-13-36(14-26-42)33-7-19-39(20-8-33)48(41-23-11-35(12-24-41)38-17-29-44(30-18-38)56-47(51)6-3)40-21-9-34(10-22-40)37-15-27-43(28-16-37)53-32-55-46(50)5-2/h4-30H,1-3,31-32H2. The zero-order chi connectivity index (χ0) is 39.3. The molecule has 56 heavy (non-hydrogen) atoms. The van der Waals surface area contributed by atoms with Gasteiger partial charge < -0.3 is 28.6 Å². The molecule has 6 aromatic rings. The van der Waals surface area contributed by atoms with Crippen molar-refractivity contribution in [2.24, 2.45) is 0 Å². The van der Waals surface area contributed by atoms with E-state index in [-0.39, 0.29) is 13.6 Å². The molecule has 9 heteroatoms. The fourth-order valence-corrected chi connectivity index (χ4v) is 5.65. The van der Waals surface area contributed by atoms with Gasteiger partial charge in [-0.25, -0.2) is 14.4 Å². The van der Waals surface area contributed by atoms with E-state index in [1.807, 2.05) is 60.7 Å². The first kappa shape index (κ1) is 38.1. The molecule has 0 heterocycles. The number of nitrogens with zero attached hydrogens (tertiary/aromatic N) is 1. The van der Waals surface area contributed by atoms with Gasteiger partial charge in [-0.3, -0.25) is 0 Å². The minimum absolute atomic E-state index is 0.200. The van der Waals surface area contributed by atoms with Gasteiger partial charge in [0.25, 0.3) is 0 Å². The Morgan fingerprint density at radius 1 is 0.393 bits per heavy atom. The van der Waals surface area contributed by atoms with Crippen molar-refractivity contribution in [1.82, 2.24) is 0 Å². The smallest absolute Gasteiger partial charge is 0.335 e. The molecule has 0 aliphatic carbocycles. The lowest BCUT2D eigenvalue weighted by Crippen LogP contribution is -2.09. The van der Waals surface area contributed by atoms with Gasteiger partial charge in [0.05, 0.1) is 0 Å². The molecule has 0 fully saturated rings. The highest BCUT2D eigenvalue weighted by Crippen LogP contribution is 2.38. The van der Waals surface area contributed by atoms with Crippen molar-refractivity contribution in [1.29, 1.82) is 0 Å². The topological polar surface area (TPSA) is 101 Å². The molecule has 0 saturated heterocycles. The van der Waals surface area contributed by atoms with Gasteiger partial charge >= 0.3 is 17.9 Å². The molecule has 0 bridgehead atoms. The van der Waals surface area contributed by atoms with Gasteiger partial charge in [0.2, 0.25) is 13.6 Å². The van der Waals surface area contributed by atoms with Crippen LogP contribution in [0, 0.1) is 0 Å². The maximum Gasteiger partial charge on any atom is 0.335 e. The summed E-state index contributed by atoms with van der Waals surface area (Å²) in [6.45, 7) is 9.80. The first-order chi connectivity index (χ1) is 27.3. The zero-order valence-corrected chi connectivity index (χ0v) is 30.3. The number of carbonyl (C=O) groups is 3. The second kappa shape index (κ2) is 18.4. The van der Waals surface area contributed by atoms with Crippen molar-refractivity contribution in [2.75, 3.05) is 18.5 Å². The Hall–Kier alpha value is -7.65. The number of carbonyl (C=O) groups excluding carboxylic acids is 3. The Balaban J connectivity index is 1.24. The largest absolute Gasteiger partial charge is 0.457 e. The lowest BCUT2D eigenvalue weighted by atomic mass is 10.0. The second-order valence-electron chi connectivity index (χ2n) is 12.0. The number of anilines is 3. The van der Waals surface area contributed by atoms with E-state index < -0.39 is 17.9 Å². The predicted molar refractivity (Wildman–Crippen MR) is 217 cm³/mol. The van der Waals surface area contributed by atoms with Crippen LogP contribution in [0.1, 0.15) is 0 Å². The summed E-state index contributed by atoms with van der Waals surface area (Å²) >= 11 is 0. The van der Waals surface area contributed by atoms with Gasteiger partial charge in [-0.1, -0.05) is 92.5 Å². The minimum atomic E-state index is -0.550. The van der Waals surface area contributed by atoms with E-state index >= 15 is 0 Å². The van der Waals surface area contributed by atoms with Crippen LogP contribution in [0.2, 0.25) is 0 Å². The monoisotopic (exact) mass is 743 g/mol. The third kappa shape index (κ3) is 9.85. The van der Waals surface area contributed by atoms with Crippen LogP contribution >= 0.6 is 0 Å². The third-order valence-corrected chi connectivity index (χ3v) is 8.51. The molecule has 9 nitrogen and oxygen atoms in total. The Morgan fingerprint density at radius 2 is 0.661 bits per heavy atom. The van der Waals surface area contributed by atoms with Crippen molar-refractivity contribution in [3.8, 4) is 50.6 Å². The van der Waals surface area contributed by atoms with Crippen LogP contribution in [-0.4, -0.2) is 31.5 Å². The molecule has 0 aliphatic heterocycles. The molecular weight excluding hydrogens is 707 g/mol. The molecule has 0 unspecified atom stereocenters. The molecule has 0 aromatic heterocycles. The predicted octanol–water partition coefficient (Wildman–Crippen LogP) is 10.4. The van der Waals surface area contributed by atoms with Gasteiger partial charge in [0.1, 0.15) is 17.2 Å². The summed E-state index contributed by atoms with van der Waals surface area (Å²) < 4.78 is 26.0. The molecule has 0 amide bonds. The summed E-state index contributed by atoms with van der Waals surface area (Å²) in [5.74, 6) is -0.0196. The second-order valence-corrected chi connectivity index (χ2v) is 12.0. The highest BCUT2D eigenvalue weighted by Gasteiger charge is 2.14. The van der Waals surface area contributed by atoms with Crippen LogP contribution < -0.4 is 19.1 Å². The Labute approximate surface area is 324 Å². The van der Waals surface area contributed by atoms with Crippen LogP contribution in [0.5, 0.6) is 17.2 Å². The molecule has 6 rings (SSSR count). The average molecular weight is 744 g/mol. The van der Waals surface area contributed by atoms with Crippen LogP contribution in [0.4, 0.5) is 17.1 Å². The molecule has 0 radical (unpaired) electrons. The highest BCUT2D eigenvalue weighted by molar-refractivity contribution is 5.84. The van der Waals surface area contributed by atoms with Crippen LogP contribution in [-0.2, 0) is 23.9 Å². The summed E-state index contributed by atoms with van der Waals surface area (Å²) in [6.07, 6.45) is 3.30. The molecular formula is C47H37NO8. The van der Waals surface area contributed by atoms with Crippen molar-refractivity contribution < 1.29 is 38.1 Å². The number of ether oxygens (including phenoxy) is 5. The normalized spacial score (nSPS) is 10.4. The van der Waals surface area contributed by atoms with Crippen molar-refractivity contribution >= 4 is 35.0 Å². The SMILES string of the molecule is C=CC(=O)OCOc1ccc(-c2ccc(N(c3ccc(-c4ccc(OCOC(=O)C=C)cc4)cc3)c3ccc(-c4ccc(OC(=O)C=C)cc4)cc3)cc2)cc1. The molecule has 6 aromatic carbocycles. The average Bonchev–Trinajstić information content (AvgIpc) is 3.25. The van der Waals surface area contributed by atoms with E-state index in [1.165, 1.54) is 0 Å². The fraction of sp³-hybridized carbons (Fsp3) is 0.0426. The Kier molecular flexibility index (Phi) is 12.5. The fourth-order valence-electron chi connectivity index (χ4n) is 5.65. The summed E-state index contributed by atoms with van der Waals surface area (Å²) in [5, 5.41) is 0. The summed E-state index contributed by atoms with van der Waals surface area (Å²) in [7, 11) is 0. The van der Waals surface area contributed by atoms with Crippen LogP contribution in [0.25, 0.3) is 33.4 Å². The quantitative estimate of drug-likeness (QED) is 0.0415. The molecule has 0 saturated carbocycles. The van der Waals surface area contributed by atoms with Gasteiger partial charge in [-0.05, 0) is 106 Å².